The van der Waals surface area contributed by atoms with Gasteiger partial charge >= 0.3 is 0 Å². The van der Waals surface area contributed by atoms with E-state index >= 15 is 0 Å². The molecule has 1 aromatic carbocycles. The predicted molar refractivity (Wildman–Crippen MR) is 50.1 cm³/mol. The van der Waals surface area contributed by atoms with Crippen molar-refractivity contribution in [2.75, 3.05) is 0 Å². The van der Waals surface area contributed by atoms with E-state index in [1.54, 1.807) is 0 Å². The average Bonchev–Trinajstić information content (AvgIpc) is 2.82. The molecule has 1 aromatic rings. The topological polar surface area (TPSA) is 12.5 Å². The van der Waals surface area contributed by atoms with Crippen molar-refractivity contribution in [3.8, 4) is 0 Å². The van der Waals surface area contributed by atoms with E-state index in [2.05, 4.69) is 34.1 Å². The molecule has 3 rings (SSSR count). The number of epoxide rings is 1. The zero-order chi connectivity index (χ0) is 8.13. The molecular weight excluding hydrogens is 216 g/mol. The van der Waals surface area contributed by atoms with Crippen LogP contribution in [-0.4, -0.2) is 6.10 Å². The van der Waals surface area contributed by atoms with Crippen molar-refractivity contribution in [2.45, 2.75) is 25.0 Å². The molecule has 2 atom stereocenters. The summed E-state index contributed by atoms with van der Waals surface area (Å²) in [6, 6.07) is 6.51. The number of ether oxygens (including phenoxy) is 1. The van der Waals surface area contributed by atoms with E-state index < -0.39 is 0 Å². The van der Waals surface area contributed by atoms with E-state index in [0.717, 1.165) is 4.47 Å². The van der Waals surface area contributed by atoms with Gasteiger partial charge in [-0.2, -0.15) is 0 Å². The lowest BCUT2D eigenvalue weighted by Gasteiger charge is -2.11. The third kappa shape index (κ3) is 0.947. The molecular formula is C10H9BrO. The Morgan fingerprint density at radius 3 is 3.25 bits per heavy atom. The first-order valence-electron chi connectivity index (χ1n) is 4.28. The SMILES string of the molecule is Brc1ccc2c(c1)[C@@H]1O[C@H]1CC2. The lowest BCUT2D eigenvalue weighted by atomic mass is 9.92. The first-order chi connectivity index (χ1) is 5.84. The van der Waals surface area contributed by atoms with Gasteiger partial charge in [0.2, 0.25) is 0 Å². The summed E-state index contributed by atoms with van der Waals surface area (Å²) in [6.45, 7) is 0. The van der Waals surface area contributed by atoms with Crippen molar-refractivity contribution >= 4 is 15.9 Å². The number of hydrogen-bond donors (Lipinski definition) is 0. The number of rotatable bonds is 0. The van der Waals surface area contributed by atoms with E-state index in [0.29, 0.717) is 12.2 Å². The monoisotopic (exact) mass is 224 g/mol. The van der Waals surface area contributed by atoms with Crippen LogP contribution in [0.1, 0.15) is 23.7 Å². The Morgan fingerprint density at radius 2 is 2.33 bits per heavy atom. The van der Waals surface area contributed by atoms with Crippen molar-refractivity contribution in [3.63, 3.8) is 0 Å². The molecule has 0 unspecified atom stereocenters. The molecule has 1 fully saturated rings. The Bertz CT molecular complexity index is 335. The van der Waals surface area contributed by atoms with Crippen molar-refractivity contribution in [2.24, 2.45) is 0 Å². The fourth-order valence-corrected chi connectivity index (χ4v) is 2.37. The molecule has 0 amide bonds. The van der Waals surface area contributed by atoms with Gasteiger partial charge in [-0.3, -0.25) is 0 Å². The maximum absolute atomic E-state index is 5.54. The molecule has 0 bridgehead atoms. The van der Waals surface area contributed by atoms with E-state index in [4.69, 9.17) is 4.74 Å². The van der Waals surface area contributed by atoms with Crippen LogP contribution in [0.15, 0.2) is 22.7 Å². The summed E-state index contributed by atoms with van der Waals surface area (Å²) in [6.07, 6.45) is 3.35. The third-order valence-corrected chi connectivity index (χ3v) is 3.19. The van der Waals surface area contributed by atoms with Crippen LogP contribution in [0.5, 0.6) is 0 Å². The normalized spacial score (nSPS) is 30.8. The Kier molecular flexibility index (Phi) is 1.38. The zero-order valence-corrected chi connectivity index (χ0v) is 8.17. The Hall–Kier alpha value is -0.340. The Balaban J connectivity index is 2.14. The first-order valence-corrected chi connectivity index (χ1v) is 5.08. The molecule has 2 heteroatoms. The minimum Gasteiger partial charge on any atom is -0.364 e. The molecule has 1 aliphatic carbocycles. The molecule has 62 valence electrons. The highest BCUT2D eigenvalue weighted by Gasteiger charge is 2.43. The molecule has 1 nitrogen and oxygen atoms in total. The van der Waals surface area contributed by atoms with Gasteiger partial charge in [0.15, 0.2) is 0 Å². The summed E-state index contributed by atoms with van der Waals surface area (Å²) in [7, 11) is 0. The predicted octanol–water partition coefficient (Wildman–Crippen LogP) is 2.84. The Labute approximate surface area is 79.9 Å². The standard InChI is InChI=1S/C10H9BrO/c11-7-3-1-6-2-4-9-10(12-9)8(6)5-7/h1,3,5,9-10H,2,4H2/t9-,10-/m0/s1. The highest BCUT2D eigenvalue weighted by molar-refractivity contribution is 9.10. The molecule has 0 spiro atoms. The van der Waals surface area contributed by atoms with E-state index in [-0.39, 0.29) is 0 Å². The maximum atomic E-state index is 5.54. The van der Waals surface area contributed by atoms with E-state index in [9.17, 15) is 0 Å². The van der Waals surface area contributed by atoms with E-state index in [1.807, 2.05) is 0 Å². The minimum atomic E-state index is 0.422. The summed E-state index contributed by atoms with van der Waals surface area (Å²) in [4.78, 5) is 0. The second-order valence-corrected chi connectivity index (χ2v) is 4.39. The van der Waals surface area contributed by atoms with Crippen molar-refractivity contribution in [1.29, 1.82) is 0 Å². The molecule has 0 saturated carbocycles. The third-order valence-electron chi connectivity index (χ3n) is 2.70. The van der Waals surface area contributed by atoms with Crippen LogP contribution in [0.4, 0.5) is 0 Å². The number of halogens is 1. The average molecular weight is 225 g/mol. The molecule has 2 aliphatic rings. The summed E-state index contributed by atoms with van der Waals surface area (Å²) in [5.74, 6) is 0. The molecule has 0 radical (unpaired) electrons. The van der Waals surface area contributed by atoms with Crippen molar-refractivity contribution in [3.05, 3.63) is 33.8 Å². The van der Waals surface area contributed by atoms with Gasteiger partial charge < -0.3 is 4.74 Å². The lowest BCUT2D eigenvalue weighted by molar-refractivity contribution is 0.372. The van der Waals surface area contributed by atoms with Gasteiger partial charge in [-0.05, 0) is 36.1 Å². The highest BCUT2D eigenvalue weighted by Crippen LogP contribution is 2.47. The van der Waals surface area contributed by atoms with Crippen molar-refractivity contribution in [1.82, 2.24) is 0 Å². The van der Waals surface area contributed by atoms with Gasteiger partial charge in [0.05, 0.1) is 6.10 Å². The summed E-state index contributed by atoms with van der Waals surface area (Å²) < 4.78 is 6.70. The fourth-order valence-electron chi connectivity index (χ4n) is 1.99. The van der Waals surface area contributed by atoms with Crippen LogP contribution < -0.4 is 0 Å². The second kappa shape index (κ2) is 2.33. The molecule has 1 aliphatic heterocycles. The van der Waals surface area contributed by atoms with Gasteiger partial charge in [0, 0.05) is 4.47 Å². The van der Waals surface area contributed by atoms with Crippen LogP contribution >= 0.6 is 15.9 Å². The number of hydrogen-bond acceptors (Lipinski definition) is 1. The second-order valence-electron chi connectivity index (χ2n) is 3.48. The molecule has 1 saturated heterocycles. The van der Waals surface area contributed by atoms with Gasteiger partial charge in [0.1, 0.15) is 6.10 Å². The van der Waals surface area contributed by atoms with Gasteiger partial charge in [-0.1, -0.05) is 22.0 Å². The number of aryl methyl sites for hydroxylation is 1. The van der Waals surface area contributed by atoms with Gasteiger partial charge in [-0.15, -0.1) is 0 Å². The zero-order valence-electron chi connectivity index (χ0n) is 6.59. The molecule has 0 N–H and O–H groups in total. The van der Waals surface area contributed by atoms with Crippen molar-refractivity contribution < 1.29 is 4.74 Å². The summed E-state index contributed by atoms with van der Waals surface area (Å²) in [5, 5.41) is 0. The smallest absolute Gasteiger partial charge is 0.109 e. The quantitative estimate of drug-likeness (QED) is 0.618. The first kappa shape index (κ1) is 7.10. The number of benzene rings is 1. The summed E-state index contributed by atoms with van der Waals surface area (Å²) in [5.41, 5.74) is 2.87. The Morgan fingerprint density at radius 1 is 1.42 bits per heavy atom. The fraction of sp³-hybridized carbons (Fsp3) is 0.400. The van der Waals surface area contributed by atoms with Gasteiger partial charge in [-0.25, -0.2) is 0 Å². The largest absolute Gasteiger partial charge is 0.364 e. The molecule has 12 heavy (non-hydrogen) atoms. The maximum Gasteiger partial charge on any atom is 0.109 e. The van der Waals surface area contributed by atoms with Gasteiger partial charge in [0.25, 0.3) is 0 Å². The van der Waals surface area contributed by atoms with Crippen LogP contribution in [0.2, 0.25) is 0 Å². The summed E-state index contributed by atoms with van der Waals surface area (Å²) >= 11 is 3.48. The highest BCUT2D eigenvalue weighted by atomic mass is 79.9. The minimum absolute atomic E-state index is 0.422. The van der Waals surface area contributed by atoms with Crippen LogP contribution in [-0.2, 0) is 11.2 Å². The van der Waals surface area contributed by atoms with E-state index in [1.165, 1.54) is 24.0 Å². The molecule has 0 aromatic heterocycles. The lowest BCUT2D eigenvalue weighted by Crippen LogP contribution is -2.03. The number of fused-ring (bicyclic) bond motifs is 3. The van der Waals surface area contributed by atoms with Crippen LogP contribution in [0, 0.1) is 0 Å². The molecule has 1 heterocycles. The van der Waals surface area contributed by atoms with Crippen LogP contribution in [0.25, 0.3) is 0 Å². The van der Waals surface area contributed by atoms with Crippen LogP contribution in [0.3, 0.4) is 0 Å².